The van der Waals surface area contributed by atoms with Gasteiger partial charge in [-0.2, -0.15) is 0 Å². The average molecular weight is 608 g/mol. The molecular weight excluding hydrogens is 584 g/mol. The van der Waals surface area contributed by atoms with E-state index in [1.165, 1.54) is 0 Å². The summed E-state index contributed by atoms with van der Waals surface area (Å²) >= 11 is -0.826. The first-order chi connectivity index (χ1) is 15.5. The van der Waals surface area contributed by atoms with Crippen LogP contribution in [0.2, 0.25) is 0 Å². The maximum absolute atomic E-state index is 12.2. The number of benzene rings is 4. The molecule has 0 atom stereocenters. The molecule has 2 nitrogen and oxygen atoms in total. The summed E-state index contributed by atoms with van der Waals surface area (Å²) in [5.74, 6) is 0.308. The van der Waals surface area contributed by atoms with Gasteiger partial charge in [-0.3, -0.25) is 0 Å². The molecule has 0 saturated heterocycles. The van der Waals surface area contributed by atoms with Crippen LogP contribution in [0.4, 0.5) is 0 Å². The molecule has 0 aliphatic heterocycles. The first-order valence-corrected chi connectivity index (χ1v) is 21.0. The number of hydrogen-bond donors (Lipinski definition) is 0. The summed E-state index contributed by atoms with van der Waals surface area (Å²) in [6, 6.07) is 39.2. The summed E-state index contributed by atoms with van der Waals surface area (Å²) < 4.78 is 24.4. The van der Waals surface area contributed by atoms with Gasteiger partial charge >= 0.3 is 36.7 Å². The van der Waals surface area contributed by atoms with Crippen molar-refractivity contribution in [3.63, 3.8) is 0 Å². The minimum atomic E-state index is -2.83. The van der Waals surface area contributed by atoms with E-state index >= 15 is 0 Å². The van der Waals surface area contributed by atoms with Crippen molar-refractivity contribution < 1.29 is 9.13 Å². The zero-order valence-electron chi connectivity index (χ0n) is 17.3. The normalized spacial score (nSPS) is 11.3. The van der Waals surface area contributed by atoms with Crippen molar-refractivity contribution in [3.8, 4) is 0 Å². The van der Waals surface area contributed by atoms with E-state index in [2.05, 4.69) is 0 Å². The molecule has 4 aromatic carbocycles. The molecule has 162 valence electrons. The Labute approximate surface area is 207 Å². The van der Waals surface area contributed by atoms with E-state index in [-0.39, 0.29) is 0 Å². The Morgan fingerprint density at radius 1 is 0.469 bits per heavy atom. The van der Waals surface area contributed by atoms with Crippen LogP contribution in [0.25, 0.3) is 0 Å². The van der Waals surface area contributed by atoms with E-state index in [0.717, 1.165) is 21.2 Å². The van der Waals surface area contributed by atoms with Crippen LogP contribution in [0.15, 0.2) is 121 Å². The molecule has 4 rings (SSSR count). The van der Waals surface area contributed by atoms with Crippen LogP contribution >= 0.6 is 32.1 Å². The molecule has 0 spiro atoms. The standard InChI is InChI=1S/C25H22O2P2.2ClH.Sn/c26-28(22-13-5-1-6-14-22,23-15-7-2-8-16-23)21-29(27,24-17-9-3-10-18-24)25-19-11-4-12-20-25;;;/h1-20H,21H2;2*1H;/q;;;+2. The second-order valence-electron chi connectivity index (χ2n) is 7.09. The Hall–Kier alpha value is -1.28. The van der Waals surface area contributed by atoms with Gasteiger partial charge in [0.15, 0.2) is 5.90 Å². The predicted octanol–water partition coefficient (Wildman–Crippen LogP) is 5.85. The molecular formula is C25H24Cl2O2P2Sn+2. The van der Waals surface area contributed by atoms with Gasteiger partial charge in [0.25, 0.3) is 14.3 Å². The number of rotatable bonds is 6. The molecule has 0 bridgehead atoms. The van der Waals surface area contributed by atoms with E-state index < -0.39 is 33.2 Å². The third-order valence-corrected chi connectivity index (χ3v) is 13.0. The number of halogens is 2. The van der Waals surface area contributed by atoms with Gasteiger partial charge in [0.05, 0.1) is 21.2 Å². The monoisotopic (exact) mass is 608 g/mol. The summed E-state index contributed by atoms with van der Waals surface area (Å²) in [6.07, 6.45) is 0. The maximum Gasteiger partial charge on any atom is 0.298 e. The molecule has 0 saturated carbocycles. The van der Waals surface area contributed by atoms with E-state index in [9.17, 15) is 9.13 Å². The van der Waals surface area contributed by atoms with Gasteiger partial charge in [0.1, 0.15) is 0 Å². The van der Waals surface area contributed by atoms with Crippen LogP contribution in [0.5, 0.6) is 0 Å². The molecule has 0 fully saturated rings. The molecule has 2 N–H and O–H groups in total. The van der Waals surface area contributed by atoms with E-state index in [1.54, 1.807) is 0 Å². The second-order valence-corrected chi connectivity index (χ2v) is 17.6. The van der Waals surface area contributed by atoms with Crippen molar-refractivity contribution in [2.24, 2.45) is 0 Å². The summed E-state index contributed by atoms with van der Waals surface area (Å²) in [5.41, 5.74) is 0. The van der Waals surface area contributed by atoms with Gasteiger partial charge in [0.2, 0.25) is 0 Å². The summed E-state index contributed by atoms with van der Waals surface area (Å²) in [6.45, 7) is 0. The van der Waals surface area contributed by atoms with Crippen molar-refractivity contribution in [2.75, 3.05) is 5.90 Å². The summed E-state index contributed by atoms with van der Waals surface area (Å²) in [4.78, 5) is 0. The van der Waals surface area contributed by atoms with Crippen molar-refractivity contribution in [1.82, 2.24) is 0 Å². The largest absolute Gasteiger partial charge is 0.310 e. The molecule has 0 aromatic heterocycles. The van der Waals surface area contributed by atoms with Crippen LogP contribution in [-0.2, 0) is 0 Å². The van der Waals surface area contributed by atoms with Gasteiger partial charge in [-0.1, -0.05) is 72.8 Å². The Kier molecular flexibility index (Phi) is 9.71. The SMILES string of the molecule is [Cl][Sn][Cl].[OH+]=P(CP(=[OH+])(c1ccccc1)c1ccccc1)(c1ccccc1)c1ccccc1. The van der Waals surface area contributed by atoms with Gasteiger partial charge in [-0.15, -0.1) is 0 Å². The van der Waals surface area contributed by atoms with Crippen LogP contribution in [0.1, 0.15) is 0 Å². The molecule has 4 aromatic rings. The predicted molar refractivity (Wildman–Crippen MR) is 144 cm³/mol. The van der Waals surface area contributed by atoms with Crippen molar-refractivity contribution >= 4 is 72.2 Å². The molecule has 0 unspecified atom stereocenters. The van der Waals surface area contributed by atoms with Crippen LogP contribution in [0.3, 0.4) is 0 Å². The van der Waals surface area contributed by atoms with E-state index in [4.69, 9.17) is 17.8 Å². The topological polar surface area (TPSA) is 42.8 Å². The number of hydrogen-bond acceptors (Lipinski definition) is 0. The van der Waals surface area contributed by atoms with Crippen molar-refractivity contribution in [3.05, 3.63) is 121 Å². The first kappa shape index (κ1) is 25.3. The second kappa shape index (κ2) is 12.3. The summed E-state index contributed by atoms with van der Waals surface area (Å²) in [7, 11) is 4.21. The Bertz CT molecular complexity index is 1010. The van der Waals surface area contributed by atoms with E-state index in [0.29, 0.717) is 5.90 Å². The molecule has 0 amide bonds. The maximum atomic E-state index is 12.2. The van der Waals surface area contributed by atoms with Gasteiger partial charge in [-0.05, 0) is 48.5 Å². The molecule has 7 heteroatoms. The van der Waals surface area contributed by atoms with Gasteiger partial charge in [-0.25, -0.2) is 0 Å². The van der Waals surface area contributed by atoms with Crippen molar-refractivity contribution in [1.29, 1.82) is 0 Å². The zero-order chi connectivity index (χ0) is 22.9. The first-order valence-electron chi connectivity index (χ1n) is 9.95. The third kappa shape index (κ3) is 5.99. The minimum absolute atomic E-state index is 0.308. The van der Waals surface area contributed by atoms with Crippen LogP contribution in [0, 0.1) is 0 Å². The molecule has 0 aliphatic carbocycles. The van der Waals surface area contributed by atoms with Gasteiger partial charge < -0.3 is 9.13 Å². The smallest absolute Gasteiger partial charge is 0.298 e. The fourth-order valence-corrected chi connectivity index (χ4v) is 11.9. The van der Waals surface area contributed by atoms with Gasteiger partial charge in [0, 0.05) is 0 Å². The molecule has 32 heavy (non-hydrogen) atoms. The summed E-state index contributed by atoms with van der Waals surface area (Å²) in [5, 5.41) is 3.54. The van der Waals surface area contributed by atoms with Crippen LogP contribution in [-0.4, -0.2) is 33.9 Å². The molecule has 0 heterocycles. The Morgan fingerprint density at radius 3 is 0.844 bits per heavy atom. The minimum Gasteiger partial charge on any atom is -0.310 e. The Balaban J connectivity index is 0.000000913. The van der Waals surface area contributed by atoms with E-state index in [1.807, 2.05) is 121 Å². The third-order valence-electron chi connectivity index (χ3n) is 5.14. The fraction of sp³-hybridized carbons (Fsp3) is 0.0400. The Morgan fingerprint density at radius 2 is 0.656 bits per heavy atom. The fourth-order valence-electron chi connectivity index (χ4n) is 3.62. The average Bonchev–Trinajstić information content (AvgIpc) is 2.86. The quantitative estimate of drug-likeness (QED) is 0.150. The zero-order valence-corrected chi connectivity index (χ0v) is 23.5. The van der Waals surface area contributed by atoms with Crippen molar-refractivity contribution in [2.45, 2.75) is 0 Å². The molecule has 2 radical (unpaired) electrons. The molecule has 0 aliphatic rings. The van der Waals surface area contributed by atoms with Crippen LogP contribution < -0.4 is 21.2 Å².